The summed E-state index contributed by atoms with van der Waals surface area (Å²) >= 11 is 5.18. The van der Waals surface area contributed by atoms with Crippen molar-refractivity contribution in [1.82, 2.24) is 10.6 Å². The van der Waals surface area contributed by atoms with Crippen LogP contribution < -0.4 is 16.0 Å². The lowest BCUT2D eigenvalue weighted by Crippen LogP contribution is -2.34. The Kier molecular flexibility index (Phi) is 6.65. The molecule has 0 radical (unpaired) electrons. The highest BCUT2D eigenvalue weighted by molar-refractivity contribution is 7.80. The van der Waals surface area contributed by atoms with Gasteiger partial charge in [0.25, 0.3) is 5.91 Å². The van der Waals surface area contributed by atoms with Crippen LogP contribution >= 0.6 is 12.2 Å². The van der Waals surface area contributed by atoms with Gasteiger partial charge in [0, 0.05) is 24.7 Å². The number of thiocarbonyl (C=S) groups is 1. The number of amides is 2. The fourth-order valence-corrected chi connectivity index (χ4v) is 2.39. The molecule has 0 heterocycles. The molecule has 0 saturated carbocycles. The molecule has 2 amide bonds. The highest BCUT2D eigenvalue weighted by Gasteiger charge is 2.07. The van der Waals surface area contributed by atoms with E-state index in [0.717, 1.165) is 16.8 Å². The number of hydrogen-bond donors (Lipinski definition) is 3. The van der Waals surface area contributed by atoms with Gasteiger partial charge in [0.15, 0.2) is 5.11 Å². The predicted octanol–water partition coefficient (Wildman–Crippen LogP) is 2.80. The van der Waals surface area contributed by atoms with Crippen molar-refractivity contribution >= 4 is 34.8 Å². The number of nitrogens with one attached hydrogen (secondary N) is 3. The molecule has 3 N–H and O–H groups in total. The normalized spacial score (nSPS) is 10.0. The molecule has 0 spiro atoms. The number of benzene rings is 2. The van der Waals surface area contributed by atoms with Gasteiger partial charge >= 0.3 is 0 Å². The molecule has 2 rings (SSSR count). The summed E-state index contributed by atoms with van der Waals surface area (Å²) in [7, 11) is 1.63. The van der Waals surface area contributed by atoms with E-state index in [4.69, 9.17) is 12.2 Å². The van der Waals surface area contributed by atoms with Crippen molar-refractivity contribution < 1.29 is 9.59 Å². The second-order valence-electron chi connectivity index (χ2n) is 5.64. The Morgan fingerprint density at radius 2 is 1.64 bits per heavy atom. The molecule has 5 nitrogen and oxygen atoms in total. The smallest absolute Gasteiger partial charge is 0.257 e. The third-order valence-electron chi connectivity index (χ3n) is 3.67. The van der Waals surface area contributed by atoms with Gasteiger partial charge in [-0.1, -0.05) is 29.8 Å². The third kappa shape index (κ3) is 6.00. The lowest BCUT2D eigenvalue weighted by molar-refractivity contribution is -0.120. The molecular formula is C19H21N3O2S. The van der Waals surface area contributed by atoms with Crippen molar-refractivity contribution in [3.8, 4) is 0 Å². The average Bonchev–Trinajstić information content (AvgIpc) is 2.61. The van der Waals surface area contributed by atoms with E-state index in [0.29, 0.717) is 18.4 Å². The van der Waals surface area contributed by atoms with Gasteiger partial charge in [-0.15, -0.1) is 0 Å². The molecule has 0 atom stereocenters. The van der Waals surface area contributed by atoms with Crippen molar-refractivity contribution in [2.75, 3.05) is 12.4 Å². The predicted molar refractivity (Wildman–Crippen MR) is 104 cm³/mol. The summed E-state index contributed by atoms with van der Waals surface area (Å²) in [6, 6.07) is 14.9. The maximum Gasteiger partial charge on any atom is 0.257 e. The summed E-state index contributed by atoms with van der Waals surface area (Å²) in [5.41, 5.74) is 3.48. The summed E-state index contributed by atoms with van der Waals surface area (Å²) in [6.45, 7) is 1.96. The minimum Gasteiger partial charge on any atom is -0.359 e. The van der Waals surface area contributed by atoms with Crippen molar-refractivity contribution in [3.05, 3.63) is 65.2 Å². The van der Waals surface area contributed by atoms with Crippen LogP contribution in [0.25, 0.3) is 0 Å². The van der Waals surface area contributed by atoms with Gasteiger partial charge < -0.3 is 10.6 Å². The molecule has 2 aromatic carbocycles. The Hall–Kier alpha value is -2.73. The maximum atomic E-state index is 12.1. The molecule has 0 fully saturated rings. The minimum atomic E-state index is -0.250. The standard InChI is InChI=1S/C19H21N3O2S/c1-13-3-8-15(9-4-13)18(24)22-19(25)21-16-10-5-14(6-11-16)7-12-17(23)20-2/h3-6,8-11H,7,12H2,1-2H3,(H,20,23)(H2,21,22,24,25). The fraction of sp³-hybridized carbons (Fsp3) is 0.211. The largest absolute Gasteiger partial charge is 0.359 e. The van der Waals surface area contributed by atoms with E-state index >= 15 is 0 Å². The van der Waals surface area contributed by atoms with Crippen LogP contribution in [0.4, 0.5) is 5.69 Å². The summed E-state index contributed by atoms with van der Waals surface area (Å²) in [6.07, 6.45) is 1.13. The van der Waals surface area contributed by atoms with E-state index in [1.807, 2.05) is 43.3 Å². The first-order valence-electron chi connectivity index (χ1n) is 7.96. The Morgan fingerprint density at radius 3 is 2.24 bits per heavy atom. The lowest BCUT2D eigenvalue weighted by Gasteiger charge is -2.10. The van der Waals surface area contributed by atoms with Crippen LogP contribution in [0, 0.1) is 6.92 Å². The molecule has 0 aromatic heterocycles. The topological polar surface area (TPSA) is 70.2 Å². The first kappa shape index (κ1) is 18.6. The molecule has 0 bridgehead atoms. The maximum absolute atomic E-state index is 12.1. The number of anilines is 1. The van der Waals surface area contributed by atoms with E-state index in [-0.39, 0.29) is 16.9 Å². The van der Waals surface area contributed by atoms with E-state index in [9.17, 15) is 9.59 Å². The molecular weight excluding hydrogens is 334 g/mol. The zero-order valence-electron chi connectivity index (χ0n) is 14.3. The van der Waals surface area contributed by atoms with Crippen molar-refractivity contribution in [1.29, 1.82) is 0 Å². The average molecular weight is 355 g/mol. The summed E-state index contributed by atoms with van der Waals surface area (Å²) < 4.78 is 0. The van der Waals surface area contributed by atoms with Crippen LogP contribution in [0.1, 0.15) is 27.9 Å². The highest BCUT2D eigenvalue weighted by atomic mass is 32.1. The number of hydrogen-bond acceptors (Lipinski definition) is 3. The Bertz CT molecular complexity index is 755. The van der Waals surface area contributed by atoms with Crippen LogP contribution in [-0.4, -0.2) is 24.0 Å². The Balaban J connectivity index is 1.86. The van der Waals surface area contributed by atoms with Crippen LogP contribution in [0.2, 0.25) is 0 Å². The van der Waals surface area contributed by atoms with Gasteiger partial charge in [-0.2, -0.15) is 0 Å². The van der Waals surface area contributed by atoms with Crippen LogP contribution in [-0.2, 0) is 11.2 Å². The quantitative estimate of drug-likeness (QED) is 0.722. The van der Waals surface area contributed by atoms with Gasteiger partial charge in [-0.05, 0) is 55.4 Å². The van der Waals surface area contributed by atoms with Gasteiger partial charge in [0.1, 0.15) is 0 Å². The lowest BCUT2D eigenvalue weighted by atomic mass is 10.1. The number of rotatable bonds is 5. The Labute approximate surface area is 152 Å². The third-order valence-corrected chi connectivity index (χ3v) is 3.88. The molecule has 0 saturated heterocycles. The van der Waals surface area contributed by atoms with E-state index in [1.165, 1.54) is 0 Å². The monoisotopic (exact) mass is 355 g/mol. The summed E-state index contributed by atoms with van der Waals surface area (Å²) in [5, 5.41) is 8.47. The van der Waals surface area contributed by atoms with Crippen LogP contribution in [0.5, 0.6) is 0 Å². The summed E-state index contributed by atoms with van der Waals surface area (Å²) in [5.74, 6) is -0.234. The SMILES string of the molecule is CNC(=O)CCc1ccc(NC(=S)NC(=O)c2ccc(C)cc2)cc1. The van der Waals surface area contributed by atoms with E-state index in [1.54, 1.807) is 19.2 Å². The van der Waals surface area contributed by atoms with Crippen LogP contribution in [0.15, 0.2) is 48.5 Å². The number of aryl methyl sites for hydroxylation is 2. The molecule has 130 valence electrons. The van der Waals surface area contributed by atoms with Gasteiger partial charge in [-0.25, -0.2) is 0 Å². The highest BCUT2D eigenvalue weighted by Crippen LogP contribution is 2.11. The Morgan fingerprint density at radius 1 is 1.00 bits per heavy atom. The van der Waals surface area contributed by atoms with Gasteiger partial charge in [-0.3, -0.25) is 14.9 Å². The second kappa shape index (κ2) is 8.94. The fourth-order valence-electron chi connectivity index (χ4n) is 2.18. The molecule has 0 unspecified atom stereocenters. The summed E-state index contributed by atoms with van der Waals surface area (Å²) in [4.78, 5) is 23.4. The number of carbonyl (C=O) groups excluding carboxylic acids is 2. The van der Waals surface area contributed by atoms with Crippen molar-refractivity contribution in [3.63, 3.8) is 0 Å². The first-order valence-corrected chi connectivity index (χ1v) is 8.37. The molecule has 2 aromatic rings. The molecule has 0 aliphatic carbocycles. The van der Waals surface area contributed by atoms with E-state index < -0.39 is 0 Å². The van der Waals surface area contributed by atoms with Gasteiger partial charge in [0.05, 0.1) is 0 Å². The van der Waals surface area contributed by atoms with Crippen LogP contribution in [0.3, 0.4) is 0 Å². The van der Waals surface area contributed by atoms with Gasteiger partial charge in [0.2, 0.25) is 5.91 Å². The zero-order valence-corrected chi connectivity index (χ0v) is 15.1. The first-order chi connectivity index (χ1) is 12.0. The second-order valence-corrected chi connectivity index (χ2v) is 6.05. The zero-order chi connectivity index (χ0) is 18.2. The molecule has 0 aliphatic rings. The molecule has 25 heavy (non-hydrogen) atoms. The molecule has 0 aliphatic heterocycles. The van der Waals surface area contributed by atoms with E-state index in [2.05, 4.69) is 16.0 Å². The number of carbonyl (C=O) groups is 2. The minimum absolute atomic E-state index is 0.0159. The molecule has 6 heteroatoms. The van der Waals surface area contributed by atoms with Crippen molar-refractivity contribution in [2.45, 2.75) is 19.8 Å². The van der Waals surface area contributed by atoms with Crippen molar-refractivity contribution in [2.24, 2.45) is 0 Å².